The zero-order valence-corrected chi connectivity index (χ0v) is 6.69. The molecule has 0 fully saturated rings. The van der Waals surface area contributed by atoms with Crippen LogP contribution in [0.5, 0.6) is 0 Å². The third-order valence-electron chi connectivity index (χ3n) is 1.62. The molecule has 1 nitrogen and oxygen atoms in total. The first-order valence-electron chi connectivity index (χ1n) is 3.86. The van der Waals surface area contributed by atoms with Crippen molar-refractivity contribution in [2.45, 2.75) is 26.7 Å². The van der Waals surface area contributed by atoms with Crippen molar-refractivity contribution in [3.63, 3.8) is 0 Å². The van der Waals surface area contributed by atoms with Gasteiger partial charge in [0.05, 0.1) is 0 Å². The van der Waals surface area contributed by atoms with Crippen molar-refractivity contribution in [3.8, 4) is 0 Å². The van der Waals surface area contributed by atoms with Crippen LogP contribution in [0.2, 0.25) is 0 Å². The van der Waals surface area contributed by atoms with Gasteiger partial charge in [0.15, 0.2) is 0 Å². The van der Waals surface area contributed by atoms with Gasteiger partial charge in [-0.3, -0.25) is 0 Å². The van der Waals surface area contributed by atoms with Crippen LogP contribution in [-0.2, 0) is 0 Å². The van der Waals surface area contributed by atoms with Gasteiger partial charge in [0.1, 0.15) is 0 Å². The maximum atomic E-state index is 3.80. The predicted octanol–water partition coefficient (Wildman–Crippen LogP) is 1.29. The van der Waals surface area contributed by atoms with E-state index in [0.29, 0.717) is 0 Å². The number of hydrogen-bond acceptors (Lipinski definition) is 1. The molecule has 0 rings (SSSR count). The number of hydrogen-bond donors (Lipinski definition) is 0. The van der Waals surface area contributed by atoms with E-state index in [1.807, 2.05) is 0 Å². The third-order valence-corrected chi connectivity index (χ3v) is 1.62. The normalized spacial score (nSPS) is 9.60. The van der Waals surface area contributed by atoms with Crippen LogP contribution in [0.1, 0.15) is 26.7 Å². The molecule has 10 heavy (non-hydrogen) atoms. The molecule has 0 saturated heterocycles. The molecule has 57 valence electrons. The van der Waals surface area contributed by atoms with Crippen molar-refractivity contribution in [3.05, 3.63) is 6.92 Å². The summed E-state index contributed by atoms with van der Waals surface area (Å²) >= 11 is 0. The van der Waals surface area contributed by atoms with Gasteiger partial charge in [0, 0.05) is 0 Å². The molecule has 0 aromatic rings. The fourth-order valence-electron chi connectivity index (χ4n) is 0.875. The van der Waals surface area contributed by atoms with Crippen LogP contribution in [0.25, 0.3) is 0 Å². The number of unbranched alkanes of at least 4 members (excludes halogenated alkanes) is 1. The van der Waals surface area contributed by atoms with Crippen LogP contribution in [0, 0.1) is 6.92 Å². The van der Waals surface area contributed by atoms with E-state index >= 15 is 0 Å². The van der Waals surface area contributed by atoms with Gasteiger partial charge in [-0.2, -0.15) is 0 Å². The average Bonchev–Trinajstić information content (AvgIpc) is 1.91. The van der Waals surface area contributed by atoms with Crippen LogP contribution in [-0.4, -0.2) is 43.4 Å². The SMILES string of the molecule is [CH2]CCCN(CC)CC.[LiH]. The second-order valence-corrected chi connectivity index (χ2v) is 2.23. The number of rotatable bonds is 5. The Morgan fingerprint density at radius 1 is 1.20 bits per heavy atom. The first kappa shape index (κ1) is 13.2. The van der Waals surface area contributed by atoms with E-state index < -0.39 is 0 Å². The molecule has 0 spiro atoms. The van der Waals surface area contributed by atoms with Crippen molar-refractivity contribution in [2.75, 3.05) is 19.6 Å². The molecule has 0 atom stereocenters. The monoisotopic (exact) mass is 136 g/mol. The summed E-state index contributed by atoms with van der Waals surface area (Å²) in [5.74, 6) is 0. The van der Waals surface area contributed by atoms with E-state index in [0.717, 1.165) is 6.42 Å². The standard InChI is InChI=1S/C8H18N.Li.H/c1-4-7-8-9(5-2)6-3;;/h1,4-8H2,2-3H3;;. The second-order valence-electron chi connectivity index (χ2n) is 2.23. The summed E-state index contributed by atoms with van der Waals surface area (Å²) in [6.07, 6.45) is 2.30. The molecular formula is C8H19LiN. The molecular weight excluding hydrogens is 117 g/mol. The molecule has 0 aliphatic carbocycles. The van der Waals surface area contributed by atoms with Gasteiger partial charge < -0.3 is 4.90 Å². The Morgan fingerprint density at radius 2 is 1.70 bits per heavy atom. The van der Waals surface area contributed by atoms with E-state index in [2.05, 4.69) is 25.7 Å². The Hall–Kier alpha value is 0.557. The van der Waals surface area contributed by atoms with E-state index in [1.54, 1.807) is 0 Å². The molecule has 1 radical (unpaired) electrons. The molecule has 0 amide bonds. The third kappa shape index (κ3) is 6.67. The quantitative estimate of drug-likeness (QED) is 0.515. The minimum absolute atomic E-state index is 0. The average molecular weight is 136 g/mol. The molecule has 0 N–H and O–H groups in total. The molecule has 0 heterocycles. The zero-order valence-electron chi connectivity index (χ0n) is 6.69. The minimum atomic E-state index is 0. The van der Waals surface area contributed by atoms with Gasteiger partial charge in [-0.1, -0.05) is 27.2 Å². The summed E-state index contributed by atoms with van der Waals surface area (Å²) in [6.45, 7) is 11.8. The van der Waals surface area contributed by atoms with Crippen molar-refractivity contribution >= 4 is 18.9 Å². The van der Waals surface area contributed by atoms with Crippen LogP contribution in [0.15, 0.2) is 0 Å². The van der Waals surface area contributed by atoms with Crippen molar-refractivity contribution < 1.29 is 0 Å². The summed E-state index contributed by atoms with van der Waals surface area (Å²) in [5, 5.41) is 0. The molecule has 0 aromatic carbocycles. The number of nitrogens with zero attached hydrogens (tertiary/aromatic N) is 1. The van der Waals surface area contributed by atoms with Gasteiger partial charge >= 0.3 is 18.9 Å². The first-order chi connectivity index (χ1) is 4.35. The van der Waals surface area contributed by atoms with Gasteiger partial charge in [0.2, 0.25) is 0 Å². The Morgan fingerprint density at radius 3 is 2.00 bits per heavy atom. The molecule has 0 bridgehead atoms. The van der Waals surface area contributed by atoms with Crippen molar-refractivity contribution in [1.82, 2.24) is 4.90 Å². The molecule has 0 saturated carbocycles. The van der Waals surface area contributed by atoms with Gasteiger partial charge in [-0.05, 0) is 26.1 Å². The van der Waals surface area contributed by atoms with E-state index in [4.69, 9.17) is 0 Å². The van der Waals surface area contributed by atoms with Crippen LogP contribution >= 0.6 is 0 Å². The molecule has 0 aliphatic rings. The Bertz CT molecular complexity index is 53.2. The van der Waals surface area contributed by atoms with Gasteiger partial charge in [0.25, 0.3) is 0 Å². The Labute approximate surface area is 77.4 Å². The van der Waals surface area contributed by atoms with Crippen LogP contribution in [0.3, 0.4) is 0 Å². The summed E-state index contributed by atoms with van der Waals surface area (Å²) in [7, 11) is 0. The first-order valence-corrected chi connectivity index (χ1v) is 3.86. The van der Waals surface area contributed by atoms with Gasteiger partial charge in [-0.15, -0.1) is 0 Å². The summed E-state index contributed by atoms with van der Waals surface area (Å²) in [6, 6.07) is 0. The van der Waals surface area contributed by atoms with Gasteiger partial charge in [-0.25, -0.2) is 0 Å². The van der Waals surface area contributed by atoms with Crippen molar-refractivity contribution in [1.29, 1.82) is 0 Å². The topological polar surface area (TPSA) is 3.24 Å². The fraction of sp³-hybridized carbons (Fsp3) is 0.875. The molecule has 0 unspecified atom stereocenters. The predicted molar refractivity (Wildman–Crippen MR) is 49.5 cm³/mol. The van der Waals surface area contributed by atoms with E-state index in [9.17, 15) is 0 Å². The fourth-order valence-corrected chi connectivity index (χ4v) is 0.875. The summed E-state index contributed by atoms with van der Waals surface area (Å²) < 4.78 is 0. The Kier molecular flexibility index (Phi) is 12.6. The Balaban J connectivity index is 0. The molecule has 0 aromatic heterocycles. The zero-order chi connectivity index (χ0) is 7.11. The van der Waals surface area contributed by atoms with E-state index in [-0.39, 0.29) is 18.9 Å². The van der Waals surface area contributed by atoms with Crippen LogP contribution < -0.4 is 0 Å². The maximum absolute atomic E-state index is 3.80. The molecule has 0 aliphatic heterocycles. The summed E-state index contributed by atoms with van der Waals surface area (Å²) in [5.41, 5.74) is 0. The molecule has 2 heteroatoms. The van der Waals surface area contributed by atoms with E-state index in [1.165, 1.54) is 26.1 Å². The van der Waals surface area contributed by atoms with Crippen LogP contribution in [0.4, 0.5) is 0 Å². The summed E-state index contributed by atoms with van der Waals surface area (Å²) in [4.78, 5) is 2.42. The second kappa shape index (κ2) is 9.56. The van der Waals surface area contributed by atoms with Crippen molar-refractivity contribution in [2.24, 2.45) is 0 Å².